The number of nitroso groups, excluding NO2 is 1. The molecule has 0 radical (unpaired) electrons. The second kappa shape index (κ2) is 6.94. The quantitative estimate of drug-likeness (QED) is 0.787. The molecule has 0 saturated heterocycles. The van der Waals surface area contributed by atoms with E-state index in [1.165, 1.54) is 0 Å². The van der Waals surface area contributed by atoms with E-state index >= 15 is 0 Å². The number of carboxylic acid groups (broad SMARTS) is 1. The highest BCUT2D eigenvalue weighted by molar-refractivity contribution is 6.04. The lowest BCUT2D eigenvalue weighted by Gasteiger charge is -2.11. The van der Waals surface area contributed by atoms with Gasteiger partial charge in [-0.1, -0.05) is 30.3 Å². The van der Waals surface area contributed by atoms with Crippen molar-refractivity contribution in [1.82, 2.24) is 0 Å². The molecule has 0 fully saturated rings. The number of rotatable bonds is 6. The van der Waals surface area contributed by atoms with Gasteiger partial charge in [0.1, 0.15) is 0 Å². The molecule has 1 aliphatic rings. The van der Waals surface area contributed by atoms with Crippen molar-refractivity contribution in [1.29, 1.82) is 0 Å². The zero-order valence-corrected chi connectivity index (χ0v) is 13.4. The number of fused-ring (bicyclic) bond motifs is 3. The molecule has 2 N–H and O–H groups in total. The van der Waals surface area contributed by atoms with Gasteiger partial charge in [-0.15, -0.1) is 4.91 Å². The van der Waals surface area contributed by atoms with Crippen LogP contribution in [0.15, 0.2) is 41.6 Å². The summed E-state index contributed by atoms with van der Waals surface area (Å²) >= 11 is 0. The van der Waals surface area contributed by atoms with Gasteiger partial charge in [0.2, 0.25) is 0 Å². The highest BCUT2D eigenvalue weighted by Gasteiger charge is 2.31. The first kappa shape index (κ1) is 17.0. The zero-order valence-electron chi connectivity index (χ0n) is 13.4. The lowest BCUT2D eigenvalue weighted by molar-refractivity contribution is -0.137. The summed E-state index contributed by atoms with van der Waals surface area (Å²) in [4.78, 5) is 33.2. The summed E-state index contributed by atoms with van der Waals surface area (Å²) in [5.41, 5.74) is 4.36. The fourth-order valence-electron chi connectivity index (χ4n) is 3.48. The van der Waals surface area contributed by atoms with Crippen molar-refractivity contribution in [3.05, 3.63) is 63.6 Å². The van der Waals surface area contributed by atoms with E-state index in [1.807, 2.05) is 24.3 Å². The molecule has 0 heterocycles. The third kappa shape index (κ3) is 3.08. The average Bonchev–Trinajstić information content (AvgIpc) is 2.93. The van der Waals surface area contributed by atoms with Crippen LogP contribution in [0.3, 0.4) is 0 Å². The number of carbonyl (C=O) groups is 2. The predicted octanol–water partition coefficient (Wildman–Crippen LogP) is 3.11. The minimum Gasteiger partial charge on any atom is -0.481 e. The maximum absolute atomic E-state index is 11.9. The number of carbonyl (C=O) groups excluding carboxylic acids is 1. The Kier molecular flexibility index (Phi) is 4.72. The third-order valence-electron chi connectivity index (χ3n) is 4.58. The smallest absolute Gasteiger partial charge is 0.317 e. The number of amides is 1. The van der Waals surface area contributed by atoms with Crippen LogP contribution in [-0.4, -0.2) is 28.7 Å². The van der Waals surface area contributed by atoms with Crippen LogP contribution >= 0.6 is 0 Å². The number of nitrogens with zero attached hydrogens (tertiary/aromatic N) is 1. The molecule has 0 saturated carbocycles. The second-order valence-corrected chi connectivity index (χ2v) is 6.07. The summed E-state index contributed by atoms with van der Waals surface area (Å²) in [6.45, 7) is -0.120. The molecule has 6 heteroatoms. The molecule has 0 bridgehead atoms. The van der Waals surface area contributed by atoms with Gasteiger partial charge in [-0.3, -0.25) is 9.59 Å². The van der Waals surface area contributed by atoms with Crippen LogP contribution in [0, 0.1) is 4.91 Å². The van der Waals surface area contributed by atoms with Crippen molar-refractivity contribution >= 4 is 11.9 Å². The molecular weight excluding hydrogens is 322 g/mol. The van der Waals surface area contributed by atoms with Gasteiger partial charge in [-0.2, -0.15) is 0 Å². The molecule has 1 amide bonds. The number of hydrogen-bond donors (Lipinski definition) is 2. The molecule has 1 unspecified atom stereocenters. The lowest BCUT2D eigenvalue weighted by Crippen LogP contribution is -2.03. The Bertz CT molecular complexity index is 859. The molecule has 1 atom stereocenters. The lowest BCUT2D eigenvalue weighted by atomic mass is 9.95. The number of aryl methyl sites for hydroxylation is 1. The van der Waals surface area contributed by atoms with Crippen LogP contribution < -0.4 is 0 Å². The van der Waals surface area contributed by atoms with Gasteiger partial charge in [0, 0.05) is 17.5 Å². The summed E-state index contributed by atoms with van der Waals surface area (Å²) in [6, 6.07) is 10.8. The standard InChI is InChI=1S/C19H17NO5/c21-10-16-12-4-2-5-14(19(24)20-25)18(12)13-8-7-11(9-15(13)16)3-1-6-17(22)23/h2,4-5,7-9,16,21H,1,3,6,10H2,(H,22,23). The molecule has 128 valence electrons. The Morgan fingerprint density at radius 1 is 1.12 bits per heavy atom. The largest absolute Gasteiger partial charge is 0.481 e. The van der Waals surface area contributed by atoms with Gasteiger partial charge in [0.15, 0.2) is 0 Å². The Hall–Kier alpha value is -2.86. The first-order chi connectivity index (χ1) is 12.1. The monoisotopic (exact) mass is 339 g/mol. The fourth-order valence-corrected chi connectivity index (χ4v) is 3.48. The summed E-state index contributed by atoms with van der Waals surface area (Å²) in [6.07, 6.45) is 1.25. The Balaban J connectivity index is 2.02. The van der Waals surface area contributed by atoms with E-state index < -0.39 is 11.9 Å². The van der Waals surface area contributed by atoms with E-state index in [2.05, 4.69) is 5.18 Å². The molecule has 25 heavy (non-hydrogen) atoms. The predicted molar refractivity (Wildman–Crippen MR) is 91.5 cm³/mol. The summed E-state index contributed by atoms with van der Waals surface area (Å²) in [7, 11) is 0. The van der Waals surface area contributed by atoms with Crippen molar-refractivity contribution in [3.63, 3.8) is 0 Å². The van der Waals surface area contributed by atoms with Crippen molar-refractivity contribution in [2.75, 3.05) is 6.61 Å². The summed E-state index contributed by atoms with van der Waals surface area (Å²) in [5.74, 6) is -1.93. The maximum atomic E-state index is 11.9. The molecule has 0 aliphatic heterocycles. The highest BCUT2D eigenvalue weighted by Crippen LogP contribution is 2.46. The van der Waals surface area contributed by atoms with E-state index in [9.17, 15) is 19.6 Å². The van der Waals surface area contributed by atoms with Crippen LogP contribution in [0.4, 0.5) is 0 Å². The average molecular weight is 339 g/mol. The number of hydrogen-bond acceptors (Lipinski definition) is 4. The van der Waals surface area contributed by atoms with E-state index in [0.29, 0.717) is 18.4 Å². The molecule has 2 aromatic carbocycles. The Morgan fingerprint density at radius 2 is 1.92 bits per heavy atom. The summed E-state index contributed by atoms with van der Waals surface area (Å²) < 4.78 is 0. The Morgan fingerprint density at radius 3 is 2.60 bits per heavy atom. The first-order valence-electron chi connectivity index (χ1n) is 8.03. The van der Waals surface area contributed by atoms with Crippen molar-refractivity contribution < 1.29 is 19.8 Å². The van der Waals surface area contributed by atoms with E-state index in [4.69, 9.17) is 5.11 Å². The van der Waals surface area contributed by atoms with Gasteiger partial charge in [-0.25, -0.2) is 0 Å². The van der Waals surface area contributed by atoms with E-state index in [-0.39, 0.29) is 24.5 Å². The van der Waals surface area contributed by atoms with Crippen molar-refractivity contribution in [2.45, 2.75) is 25.2 Å². The van der Waals surface area contributed by atoms with Crippen LogP contribution in [-0.2, 0) is 11.2 Å². The molecule has 6 nitrogen and oxygen atoms in total. The topological polar surface area (TPSA) is 104 Å². The second-order valence-electron chi connectivity index (χ2n) is 6.07. The number of benzene rings is 2. The van der Waals surface area contributed by atoms with Crippen LogP contribution in [0.2, 0.25) is 0 Å². The van der Waals surface area contributed by atoms with Gasteiger partial charge < -0.3 is 10.2 Å². The molecule has 0 aromatic heterocycles. The number of carboxylic acids is 1. The minimum absolute atomic E-state index is 0.102. The van der Waals surface area contributed by atoms with Crippen molar-refractivity contribution in [3.8, 4) is 11.1 Å². The third-order valence-corrected chi connectivity index (χ3v) is 4.58. The zero-order chi connectivity index (χ0) is 18.0. The molecule has 1 aliphatic carbocycles. The van der Waals surface area contributed by atoms with Crippen LogP contribution in [0.25, 0.3) is 11.1 Å². The van der Waals surface area contributed by atoms with Crippen LogP contribution in [0.5, 0.6) is 0 Å². The normalized spacial score (nSPS) is 14.7. The number of aliphatic carboxylic acids is 1. The Labute approximate surface area is 144 Å². The van der Waals surface area contributed by atoms with E-state index in [1.54, 1.807) is 12.1 Å². The minimum atomic E-state index is -0.827. The molecule has 3 rings (SSSR count). The fraction of sp³-hybridized carbons (Fsp3) is 0.263. The van der Waals surface area contributed by atoms with Gasteiger partial charge in [0.25, 0.3) is 0 Å². The highest BCUT2D eigenvalue weighted by atomic mass is 16.4. The van der Waals surface area contributed by atoms with Crippen molar-refractivity contribution in [2.24, 2.45) is 5.18 Å². The van der Waals surface area contributed by atoms with Gasteiger partial charge in [0.05, 0.1) is 12.2 Å². The summed E-state index contributed by atoms with van der Waals surface area (Å²) in [5, 5.41) is 21.1. The SMILES string of the molecule is O=NC(=O)c1cccc2c1-c1ccc(CCCC(=O)O)cc1C2CO. The molecule has 0 spiro atoms. The maximum Gasteiger partial charge on any atom is 0.317 e. The number of aliphatic hydroxyl groups excluding tert-OH is 1. The van der Waals surface area contributed by atoms with Gasteiger partial charge in [-0.05, 0) is 46.7 Å². The van der Waals surface area contributed by atoms with Gasteiger partial charge >= 0.3 is 11.9 Å². The molecule has 2 aromatic rings. The first-order valence-corrected chi connectivity index (χ1v) is 8.03. The van der Waals surface area contributed by atoms with Crippen LogP contribution in [0.1, 0.15) is 45.8 Å². The molecular formula is C19H17NO5. The number of aliphatic hydroxyl groups is 1. The van der Waals surface area contributed by atoms with E-state index in [0.717, 1.165) is 22.3 Å².